The molecule has 1 aliphatic carbocycles. The quantitative estimate of drug-likeness (QED) is 0.574. The van der Waals surface area contributed by atoms with Crippen molar-refractivity contribution in [2.45, 2.75) is 53.0 Å². The summed E-state index contributed by atoms with van der Waals surface area (Å²) in [5.41, 5.74) is 8.20. The fraction of sp³-hybridized carbons (Fsp3) is 0.556. The highest BCUT2D eigenvalue weighted by molar-refractivity contribution is 7.80. The number of hydrazine groups is 1. The number of hydrogen-bond donors (Lipinski definition) is 3. The lowest BCUT2D eigenvalue weighted by atomic mass is 9.78. The molecule has 0 aliphatic heterocycles. The summed E-state index contributed by atoms with van der Waals surface area (Å²) in [6, 6.07) is 6.20. The molecule has 3 atom stereocenters. The molecule has 1 saturated carbocycles. The number of aryl methyl sites for hydroxylation is 2. The molecule has 0 aromatic heterocycles. The predicted molar refractivity (Wildman–Crippen MR) is 98.2 cm³/mol. The van der Waals surface area contributed by atoms with Crippen molar-refractivity contribution >= 4 is 23.2 Å². The lowest BCUT2D eigenvalue weighted by Gasteiger charge is -2.35. The Morgan fingerprint density at radius 1 is 1.17 bits per heavy atom. The van der Waals surface area contributed by atoms with E-state index in [1.807, 2.05) is 32.0 Å². The maximum absolute atomic E-state index is 12.3. The lowest BCUT2D eigenvalue weighted by molar-refractivity contribution is 0.0942. The fourth-order valence-electron chi connectivity index (χ4n) is 3.15. The molecule has 0 saturated heterocycles. The van der Waals surface area contributed by atoms with Crippen LogP contribution in [0.1, 0.15) is 54.6 Å². The van der Waals surface area contributed by atoms with Crippen molar-refractivity contribution in [1.29, 1.82) is 0 Å². The van der Waals surface area contributed by atoms with Crippen molar-refractivity contribution in [3.63, 3.8) is 0 Å². The Bertz CT molecular complexity index is 588. The van der Waals surface area contributed by atoms with Gasteiger partial charge < -0.3 is 5.32 Å². The second kappa shape index (κ2) is 7.77. The van der Waals surface area contributed by atoms with E-state index >= 15 is 0 Å². The van der Waals surface area contributed by atoms with Crippen LogP contribution < -0.4 is 16.2 Å². The molecule has 0 bridgehead atoms. The third-order valence-electron chi connectivity index (χ3n) is 4.95. The van der Waals surface area contributed by atoms with Crippen molar-refractivity contribution < 1.29 is 4.79 Å². The molecule has 1 amide bonds. The minimum atomic E-state index is -0.166. The van der Waals surface area contributed by atoms with Gasteiger partial charge in [0.25, 0.3) is 5.91 Å². The number of carbonyl (C=O) groups excluding carboxylic acids is 1. The zero-order chi connectivity index (χ0) is 17.0. The summed E-state index contributed by atoms with van der Waals surface area (Å²) in [6.07, 6.45) is 3.63. The Morgan fingerprint density at radius 2 is 1.91 bits per heavy atom. The molecule has 0 spiro atoms. The van der Waals surface area contributed by atoms with Crippen LogP contribution in [-0.4, -0.2) is 17.1 Å². The molecule has 1 fully saturated rings. The van der Waals surface area contributed by atoms with E-state index in [-0.39, 0.29) is 5.91 Å². The Balaban J connectivity index is 1.86. The summed E-state index contributed by atoms with van der Waals surface area (Å²) < 4.78 is 0. The maximum Gasteiger partial charge on any atom is 0.269 e. The van der Waals surface area contributed by atoms with Gasteiger partial charge >= 0.3 is 0 Å². The lowest BCUT2D eigenvalue weighted by Crippen LogP contribution is -2.52. The topological polar surface area (TPSA) is 53.2 Å². The molecule has 1 aromatic carbocycles. The van der Waals surface area contributed by atoms with E-state index in [0.717, 1.165) is 17.5 Å². The van der Waals surface area contributed by atoms with Crippen molar-refractivity contribution in [1.82, 2.24) is 16.2 Å². The number of thiocarbonyl (C=S) groups is 1. The van der Waals surface area contributed by atoms with Crippen LogP contribution in [0.4, 0.5) is 0 Å². The maximum atomic E-state index is 12.3. The predicted octanol–water partition coefficient (Wildman–Crippen LogP) is 3.24. The Morgan fingerprint density at radius 3 is 2.65 bits per heavy atom. The van der Waals surface area contributed by atoms with Gasteiger partial charge in [0.1, 0.15) is 0 Å². The first-order valence-electron chi connectivity index (χ1n) is 8.32. The van der Waals surface area contributed by atoms with Crippen LogP contribution in [0.25, 0.3) is 0 Å². The molecular weight excluding hydrogens is 306 g/mol. The molecule has 23 heavy (non-hydrogen) atoms. The molecule has 5 heteroatoms. The largest absolute Gasteiger partial charge is 0.358 e. The van der Waals surface area contributed by atoms with Gasteiger partial charge in [0.15, 0.2) is 5.11 Å². The zero-order valence-corrected chi connectivity index (χ0v) is 15.2. The van der Waals surface area contributed by atoms with Crippen LogP contribution in [-0.2, 0) is 0 Å². The Hall–Kier alpha value is -1.62. The van der Waals surface area contributed by atoms with Gasteiger partial charge in [0, 0.05) is 11.6 Å². The average molecular weight is 334 g/mol. The highest BCUT2D eigenvalue weighted by atomic mass is 32.1. The van der Waals surface area contributed by atoms with Crippen LogP contribution in [0.15, 0.2) is 18.2 Å². The molecule has 126 valence electrons. The Kier molecular flexibility index (Phi) is 5.99. The normalized spacial score (nSPS) is 23.9. The molecule has 3 N–H and O–H groups in total. The summed E-state index contributed by atoms with van der Waals surface area (Å²) >= 11 is 5.32. The zero-order valence-electron chi connectivity index (χ0n) is 14.4. The third-order valence-corrected chi connectivity index (χ3v) is 5.17. The Labute approximate surface area is 144 Å². The van der Waals surface area contributed by atoms with Crippen LogP contribution in [0.5, 0.6) is 0 Å². The van der Waals surface area contributed by atoms with Crippen LogP contribution in [0.2, 0.25) is 0 Å². The van der Waals surface area contributed by atoms with Gasteiger partial charge in [-0.2, -0.15) is 0 Å². The van der Waals surface area contributed by atoms with E-state index in [1.165, 1.54) is 12.8 Å². The molecule has 0 radical (unpaired) electrons. The van der Waals surface area contributed by atoms with Gasteiger partial charge in [-0.25, -0.2) is 0 Å². The molecule has 0 heterocycles. The van der Waals surface area contributed by atoms with Crippen LogP contribution in [0, 0.1) is 25.7 Å². The second-order valence-electron chi connectivity index (χ2n) is 6.74. The van der Waals surface area contributed by atoms with Crippen molar-refractivity contribution in [2.24, 2.45) is 11.8 Å². The molecule has 1 aliphatic rings. The number of nitrogens with one attached hydrogen (secondary N) is 3. The first-order valence-corrected chi connectivity index (χ1v) is 8.73. The highest BCUT2D eigenvalue weighted by Crippen LogP contribution is 2.29. The third kappa shape index (κ3) is 4.67. The van der Waals surface area contributed by atoms with Crippen molar-refractivity contribution in [3.05, 3.63) is 34.9 Å². The summed E-state index contributed by atoms with van der Waals surface area (Å²) in [6.45, 7) is 8.45. The van der Waals surface area contributed by atoms with Crippen LogP contribution in [0.3, 0.4) is 0 Å². The highest BCUT2D eigenvalue weighted by Gasteiger charge is 2.27. The SMILES string of the molecule is Cc1ccc(C)c(C(=O)NNC(=S)N[C@H]2CCC[C@@H](C)[C@@H]2C)c1. The van der Waals surface area contributed by atoms with Gasteiger partial charge in [-0.1, -0.05) is 44.4 Å². The van der Waals surface area contributed by atoms with Crippen LogP contribution >= 0.6 is 12.2 Å². The summed E-state index contributed by atoms with van der Waals surface area (Å²) in [4.78, 5) is 12.3. The van der Waals surface area contributed by atoms with Gasteiger partial charge in [0.05, 0.1) is 0 Å². The number of amides is 1. The molecule has 4 nitrogen and oxygen atoms in total. The number of benzene rings is 1. The monoisotopic (exact) mass is 333 g/mol. The standard InChI is InChI=1S/C18H27N3OS/c1-11-8-9-13(3)15(10-11)17(22)20-21-18(23)19-16-7-5-6-12(2)14(16)4/h8-10,12,14,16H,5-7H2,1-4H3,(H,20,22)(H2,19,21,23)/t12-,14+,16+/m1/s1. The summed E-state index contributed by atoms with van der Waals surface area (Å²) in [5.74, 6) is 1.12. The van der Waals surface area contributed by atoms with E-state index < -0.39 is 0 Å². The van der Waals surface area contributed by atoms with E-state index in [0.29, 0.717) is 28.6 Å². The number of hydrogen-bond acceptors (Lipinski definition) is 2. The van der Waals surface area contributed by atoms with E-state index in [1.54, 1.807) is 0 Å². The van der Waals surface area contributed by atoms with Gasteiger partial charge in [0.2, 0.25) is 0 Å². The number of carbonyl (C=O) groups is 1. The minimum Gasteiger partial charge on any atom is -0.358 e. The summed E-state index contributed by atoms with van der Waals surface area (Å²) in [5, 5.41) is 3.82. The smallest absolute Gasteiger partial charge is 0.269 e. The molecule has 1 aromatic rings. The first-order chi connectivity index (χ1) is 10.9. The molecular formula is C18H27N3OS. The number of rotatable bonds is 2. The van der Waals surface area contributed by atoms with E-state index in [9.17, 15) is 4.79 Å². The van der Waals surface area contributed by atoms with Gasteiger partial charge in [-0.05, 0) is 56.0 Å². The van der Waals surface area contributed by atoms with E-state index in [4.69, 9.17) is 12.2 Å². The molecule has 0 unspecified atom stereocenters. The van der Waals surface area contributed by atoms with E-state index in [2.05, 4.69) is 30.0 Å². The fourth-order valence-corrected chi connectivity index (χ4v) is 3.35. The minimum absolute atomic E-state index is 0.166. The second-order valence-corrected chi connectivity index (χ2v) is 7.15. The van der Waals surface area contributed by atoms with Gasteiger partial charge in [-0.15, -0.1) is 0 Å². The average Bonchev–Trinajstić information content (AvgIpc) is 2.52. The summed E-state index contributed by atoms with van der Waals surface area (Å²) in [7, 11) is 0. The van der Waals surface area contributed by atoms with Crippen molar-refractivity contribution in [3.8, 4) is 0 Å². The van der Waals surface area contributed by atoms with Crippen molar-refractivity contribution in [2.75, 3.05) is 0 Å². The van der Waals surface area contributed by atoms with Gasteiger partial charge in [-0.3, -0.25) is 15.6 Å². The molecule has 2 rings (SSSR count). The first kappa shape index (κ1) is 17.7.